The molecule has 0 aliphatic carbocycles. The highest BCUT2D eigenvalue weighted by Crippen LogP contribution is 2.16. The van der Waals surface area contributed by atoms with Gasteiger partial charge < -0.3 is 4.74 Å². The Morgan fingerprint density at radius 2 is 1.85 bits per heavy atom. The van der Waals surface area contributed by atoms with Gasteiger partial charge >= 0.3 is 5.97 Å². The molecule has 4 rings (SSSR count). The fourth-order valence-corrected chi connectivity index (χ4v) is 2.85. The summed E-state index contributed by atoms with van der Waals surface area (Å²) in [5.41, 5.74) is 1.50. The molecule has 4 aromatic rings. The lowest BCUT2D eigenvalue weighted by atomic mass is 10.1. The molecule has 2 aromatic heterocycles. The first-order chi connectivity index (χ1) is 12.7. The van der Waals surface area contributed by atoms with Gasteiger partial charge in [0.25, 0.3) is 5.56 Å². The molecule has 128 valence electrons. The number of nitrogens with zero attached hydrogens (tertiary/aromatic N) is 3. The predicted molar refractivity (Wildman–Crippen MR) is 98.0 cm³/mol. The Hall–Kier alpha value is -3.54. The molecule has 0 atom stereocenters. The van der Waals surface area contributed by atoms with Crippen molar-refractivity contribution >= 4 is 27.8 Å². The van der Waals surface area contributed by atoms with Gasteiger partial charge in [0, 0.05) is 11.6 Å². The Kier molecular flexibility index (Phi) is 4.15. The molecule has 6 heteroatoms. The second-order valence-electron chi connectivity index (χ2n) is 5.78. The molecule has 2 heterocycles. The van der Waals surface area contributed by atoms with Crippen LogP contribution in [0.2, 0.25) is 0 Å². The van der Waals surface area contributed by atoms with Crippen molar-refractivity contribution in [3.8, 4) is 0 Å². The van der Waals surface area contributed by atoms with Crippen molar-refractivity contribution in [2.75, 3.05) is 6.61 Å². The van der Waals surface area contributed by atoms with Crippen LogP contribution in [0.5, 0.6) is 0 Å². The van der Waals surface area contributed by atoms with Crippen molar-refractivity contribution in [3.63, 3.8) is 0 Å². The number of aromatic nitrogens is 3. The van der Waals surface area contributed by atoms with Crippen LogP contribution in [0, 0.1) is 0 Å². The van der Waals surface area contributed by atoms with Crippen molar-refractivity contribution < 1.29 is 9.53 Å². The maximum atomic E-state index is 12.4. The lowest BCUT2D eigenvalue weighted by Crippen LogP contribution is -2.23. The second-order valence-corrected chi connectivity index (χ2v) is 5.78. The Balaban J connectivity index is 1.50. The van der Waals surface area contributed by atoms with Gasteiger partial charge in [-0.2, -0.15) is 0 Å². The molecule has 6 nitrogen and oxygen atoms in total. The van der Waals surface area contributed by atoms with Gasteiger partial charge in [0.05, 0.1) is 34.9 Å². The smallest absolute Gasteiger partial charge is 0.340 e. The molecule has 0 amide bonds. The maximum Gasteiger partial charge on any atom is 0.340 e. The summed E-state index contributed by atoms with van der Waals surface area (Å²) in [6.45, 7) is 0.308. The van der Waals surface area contributed by atoms with E-state index in [0.717, 1.165) is 5.39 Å². The van der Waals surface area contributed by atoms with Crippen LogP contribution in [0.25, 0.3) is 21.8 Å². The van der Waals surface area contributed by atoms with Crippen molar-refractivity contribution in [2.24, 2.45) is 0 Å². The van der Waals surface area contributed by atoms with Gasteiger partial charge in [-0.05, 0) is 24.3 Å². The van der Waals surface area contributed by atoms with E-state index in [0.29, 0.717) is 22.0 Å². The summed E-state index contributed by atoms with van der Waals surface area (Å²) < 4.78 is 6.78. The summed E-state index contributed by atoms with van der Waals surface area (Å²) >= 11 is 0. The minimum absolute atomic E-state index is 0.0714. The van der Waals surface area contributed by atoms with E-state index in [2.05, 4.69) is 9.97 Å². The minimum Gasteiger partial charge on any atom is -0.460 e. The van der Waals surface area contributed by atoms with E-state index >= 15 is 0 Å². The van der Waals surface area contributed by atoms with Crippen LogP contribution in [0.1, 0.15) is 10.4 Å². The molecule has 0 aliphatic rings. The monoisotopic (exact) mass is 345 g/mol. The number of benzene rings is 2. The number of fused-ring (bicyclic) bond motifs is 2. The highest BCUT2D eigenvalue weighted by molar-refractivity contribution is 6.02. The Morgan fingerprint density at radius 1 is 1.00 bits per heavy atom. The zero-order valence-electron chi connectivity index (χ0n) is 13.8. The van der Waals surface area contributed by atoms with Gasteiger partial charge in [-0.3, -0.25) is 14.3 Å². The average Bonchev–Trinajstić information content (AvgIpc) is 2.69. The highest BCUT2D eigenvalue weighted by Gasteiger charge is 2.12. The SMILES string of the molecule is O=C(OCCn1cnc2ccccc2c1=O)c1cccc2cccnc12. The Morgan fingerprint density at radius 3 is 2.77 bits per heavy atom. The van der Waals surface area contributed by atoms with Crippen molar-refractivity contribution in [3.05, 3.63) is 83.0 Å². The molecule has 0 aliphatic heterocycles. The van der Waals surface area contributed by atoms with Crippen LogP contribution in [0.15, 0.2) is 71.9 Å². The molecule has 0 unspecified atom stereocenters. The number of hydrogen-bond donors (Lipinski definition) is 0. The fourth-order valence-electron chi connectivity index (χ4n) is 2.85. The van der Waals surface area contributed by atoms with Crippen LogP contribution in [-0.4, -0.2) is 27.1 Å². The molecule has 2 aromatic carbocycles. The zero-order chi connectivity index (χ0) is 17.9. The van der Waals surface area contributed by atoms with E-state index in [9.17, 15) is 9.59 Å². The molecule has 0 saturated heterocycles. The number of ether oxygens (including phenoxy) is 1. The van der Waals surface area contributed by atoms with Crippen LogP contribution in [-0.2, 0) is 11.3 Å². The lowest BCUT2D eigenvalue weighted by molar-refractivity contribution is 0.0492. The maximum absolute atomic E-state index is 12.4. The Labute approximate surface area is 148 Å². The van der Waals surface area contributed by atoms with Crippen molar-refractivity contribution in [2.45, 2.75) is 6.54 Å². The topological polar surface area (TPSA) is 74.1 Å². The standard InChI is InChI=1S/C20H15N3O3/c24-19-15-7-1-2-9-17(15)22-13-23(19)11-12-26-20(25)16-8-3-5-14-6-4-10-21-18(14)16/h1-10,13H,11-12H2. The summed E-state index contributed by atoms with van der Waals surface area (Å²) in [6, 6.07) is 16.2. The van der Waals surface area contributed by atoms with E-state index in [1.165, 1.54) is 10.9 Å². The molecular weight excluding hydrogens is 330 g/mol. The quantitative estimate of drug-likeness (QED) is 0.532. The second kappa shape index (κ2) is 6.76. The number of carbonyl (C=O) groups is 1. The van der Waals surface area contributed by atoms with Crippen molar-refractivity contribution in [1.29, 1.82) is 0 Å². The molecule has 0 radical (unpaired) electrons. The predicted octanol–water partition coefficient (Wildman–Crippen LogP) is 2.80. The zero-order valence-corrected chi connectivity index (χ0v) is 13.8. The average molecular weight is 345 g/mol. The van der Waals surface area contributed by atoms with Gasteiger partial charge in [0.15, 0.2) is 0 Å². The third-order valence-corrected chi connectivity index (χ3v) is 4.15. The number of pyridine rings is 1. The van der Waals surface area contributed by atoms with Gasteiger partial charge in [0.1, 0.15) is 6.61 Å². The van der Waals surface area contributed by atoms with Gasteiger partial charge in [-0.1, -0.05) is 30.3 Å². The molecule has 0 bridgehead atoms. The number of rotatable bonds is 4. The van der Waals surface area contributed by atoms with Gasteiger partial charge in [-0.25, -0.2) is 9.78 Å². The van der Waals surface area contributed by atoms with E-state index in [1.807, 2.05) is 24.3 Å². The summed E-state index contributed by atoms with van der Waals surface area (Å²) in [5.74, 6) is -0.462. The van der Waals surface area contributed by atoms with E-state index in [1.54, 1.807) is 36.5 Å². The first kappa shape index (κ1) is 16.0. The van der Waals surface area contributed by atoms with Gasteiger partial charge in [0.2, 0.25) is 0 Å². The minimum atomic E-state index is -0.462. The summed E-state index contributed by atoms with van der Waals surface area (Å²) in [7, 11) is 0. The summed E-state index contributed by atoms with van der Waals surface area (Å²) in [5, 5.41) is 1.41. The number of esters is 1. The molecule has 0 spiro atoms. The lowest BCUT2D eigenvalue weighted by Gasteiger charge is -2.09. The number of carbonyl (C=O) groups excluding carboxylic acids is 1. The molecule has 0 saturated carbocycles. The first-order valence-electron chi connectivity index (χ1n) is 8.19. The normalized spacial score (nSPS) is 10.9. The largest absolute Gasteiger partial charge is 0.460 e. The number of para-hydroxylation sites is 2. The summed E-state index contributed by atoms with van der Waals surface area (Å²) in [4.78, 5) is 33.3. The van der Waals surface area contributed by atoms with Crippen molar-refractivity contribution in [1.82, 2.24) is 14.5 Å². The Bertz CT molecular complexity index is 1160. The third-order valence-electron chi connectivity index (χ3n) is 4.15. The van der Waals surface area contributed by atoms with Crippen LogP contribution < -0.4 is 5.56 Å². The molecule has 0 fully saturated rings. The van der Waals surface area contributed by atoms with E-state index in [-0.39, 0.29) is 18.7 Å². The van der Waals surface area contributed by atoms with Crippen LogP contribution >= 0.6 is 0 Å². The molecule has 26 heavy (non-hydrogen) atoms. The molecular formula is C20H15N3O3. The van der Waals surface area contributed by atoms with E-state index < -0.39 is 5.97 Å². The third kappa shape index (κ3) is 2.93. The van der Waals surface area contributed by atoms with Crippen LogP contribution in [0.4, 0.5) is 0 Å². The van der Waals surface area contributed by atoms with Gasteiger partial charge in [-0.15, -0.1) is 0 Å². The summed E-state index contributed by atoms with van der Waals surface area (Å²) in [6.07, 6.45) is 3.11. The first-order valence-corrected chi connectivity index (χ1v) is 8.19. The number of hydrogen-bond acceptors (Lipinski definition) is 5. The van der Waals surface area contributed by atoms with E-state index in [4.69, 9.17) is 4.74 Å². The van der Waals surface area contributed by atoms with Crippen LogP contribution in [0.3, 0.4) is 0 Å². The fraction of sp³-hybridized carbons (Fsp3) is 0.100. The highest BCUT2D eigenvalue weighted by atomic mass is 16.5. The molecule has 0 N–H and O–H groups in total.